The van der Waals surface area contributed by atoms with E-state index in [4.69, 9.17) is 5.11 Å². The molecule has 0 unspecified atom stereocenters. The largest absolute Gasteiger partial charge is 0.469 e. The van der Waals surface area contributed by atoms with Crippen LogP contribution in [0.3, 0.4) is 0 Å². The van der Waals surface area contributed by atoms with Gasteiger partial charge < -0.3 is 103 Å². The third kappa shape index (κ3) is 72.1. The van der Waals surface area contributed by atoms with Gasteiger partial charge in [-0.1, -0.05) is 0 Å². The predicted molar refractivity (Wildman–Crippen MR) is 125 cm³/mol. The maximum atomic E-state index is 11.2. The lowest BCUT2D eigenvalue weighted by Gasteiger charge is -2.22. The maximum Gasteiger partial charge on any atom is 0.339 e. The summed E-state index contributed by atoms with van der Waals surface area (Å²) in [5.74, 6) is -3.10. The van der Waals surface area contributed by atoms with Gasteiger partial charge in [0.25, 0.3) is 0 Å². The molecule has 0 aromatic heterocycles. The van der Waals surface area contributed by atoms with Crippen molar-refractivity contribution in [1.29, 1.82) is 0 Å². The average molecular weight is 560 g/mol. The van der Waals surface area contributed by atoms with Gasteiger partial charge in [-0.15, -0.1) is 0 Å². The average Bonchev–Trinajstić information content (AvgIpc) is 2.47. The third-order valence-electron chi connectivity index (χ3n) is 1.89. The predicted octanol–water partition coefficient (Wildman–Crippen LogP) is -10.2. The molecule has 23 nitrogen and oxygen atoms in total. The first-order valence-electron chi connectivity index (χ1n) is 5.78. The summed E-state index contributed by atoms with van der Waals surface area (Å²) in [6.45, 7) is 1.31. The van der Waals surface area contributed by atoms with Gasteiger partial charge in [-0.05, 0) is 0 Å². The lowest BCUT2D eigenvalue weighted by molar-refractivity contribution is -0.174. The highest BCUT2D eigenvalue weighted by molar-refractivity contribution is 5.89. The molecule has 0 aromatic carbocycles. The van der Waals surface area contributed by atoms with Crippen LogP contribution in [0.5, 0.6) is 0 Å². The van der Waals surface area contributed by atoms with Gasteiger partial charge in [-0.2, -0.15) is 0 Å². The molecular weight excluding hydrogens is 506 g/mol. The first-order chi connectivity index (χ1) is 10.1. The molecule has 0 saturated heterocycles. The highest BCUT2D eigenvalue weighted by atomic mass is 16.6. The molecule has 0 aliphatic heterocycles. The number of hydrogen-bond donors (Lipinski definition) is 5. The van der Waals surface area contributed by atoms with Crippen LogP contribution in [0.2, 0.25) is 0 Å². The molecule has 0 atom stereocenters. The minimum Gasteiger partial charge on any atom is -0.469 e. The molecule has 0 aliphatic carbocycles. The molecule has 0 bridgehead atoms. The summed E-state index contributed by atoms with van der Waals surface area (Å²) in [6.07, 6.45) is -1.35. The van der Waals surface area contributed by atoms with Gasteiger partial charge in [-0.25, -0.2) is 4.79 Å². The van der Waals surface area contributed by atoms with E-state index in [0.717, 1.165) is 28.4 Å². The van der Waals surface area contributed by atoms with Crippen molar-refractivity contribution in [2.24, 2.45) is 5.73 Å². The number of rotatable bonds is 5. The highest BCUT2D eigenvalue weighted by Crippen LogP contribution is 2.18. The number of carbonyl (C=O) groups is 4. The number of aliphatic hydroxyl groups is 2. The van der Waals surface area contributed by atoms with Gasteiger partial charge in [0.05, 0.1) is 34.2 Å². The summed E-state index contributed by atoms with van der Waals surface area (Å²) in [6, 6.07) is 0. The first-order valence-corrected chi connectivity index (χ1v) is 5.78. The Bertz CT molecular complexity index is 364. The highest BCUT2D eigenvalue weighted by Gasteiger charge is 2.42. The normalized spacial score (nSPS) is 5.69. The van der Waals surface area contributed by atoms with Gasteiger partial charge in [0.1, 0.15) is 0 Å². The molecule has 34 N–H and O–H groups in total. The molecule has 0 radical (unpaired) electrons. The SMILES string of the molecule is CC(N)=O.CO.COC(=O)CC(O)(CC(=O)OC)C(=O)OC.O.O.O.O.O.O.O.O.O.O.O.[NH4+].[NH4+]. The zero-order valence-electron chi connectivity index (χ0n) is 20.7. The summed E-state index contributed by atoms with van der Waals surface area (Å²) < 4.78 is 12.9. The van der Waals surface area contributed by atoms with E-state index in [1.807, 2.05) is 0 Å². The van der Waals surface area contributed by atoms with Crippen molar-refractivity contribution in [1.82, 2.24) is 12.3 Å². The summed E-state index contributed by atoms with van der Waals surface area (Å²) >= 11 is 0. The number of primary amides is 1. The fraction of sp³-hybridized carbons (Fsp3) is 0.667. The van der Waals surface area contributed by atoms with Gasteiger partial charge in [0.15, 0.2) is 5.60 Å². The Morgan fingerprint density at radius 3 is 0.914 bits per heavy atom. The van der Waals surface area contributed by atoms with E-state index in [-0.39, 0.29) is 78.4 Å². The van der Waals surface area contributed by atoms with E-state index in [1.54, 1.807) is 0 Å². The number of methoxy groups -OCH3 is 3. The smallest absolute Gasteiger partial charge is 0.339 e. The van der Waals surface area contributed by atoms with Gasteiger partial charge in [-0.3, -0.25) is 14.4 Å². The fourth-order valence-electron chi connectivity index (χ4n) is 1.02. The molecule has 23 heteroatoms. The molecule has 234 valence electrons. The Morgan fingerprint density at radius 2 is 0.800 bits per heavy atom. The maximum absolute atomic E-state index is 11.2. The zero-order valence-corrected chi connectivity index (χ0v) is 20.7. The Kier molecular flexibility index (Phi) is 237. The summed E-state index contributed by atoms with van der Waals surface area (Å²) in [4.78, 5) is 42.4. The van der Waals surface area contributed by atoms with Crippen LogP contribution < -0.4 is 18.0 Å². The number of aliphatic hydroxyl groups excluding tert-OH is 1. The lowest BCUT2D eigenvalue weighted by atomic mass is 9.96. The molecule has 0 aromatic rings. The minimum atomic E-state index is -2.26. The number of amides is 1. The topological polar surface area (TPSA) is 582 Å². The number of carbonyl (C=O) groups excluding carboxylic acids is 4. The third-order valence-corrected chi connectivity index (χ3v) is 1.89. The summed E-state index contributed by atoms with van der Waals surface area (Å²) in [5, 5.41) is 16.8. The van der Waals surface area contributed by atoms with Gasteiger partial charge >= 0.3 is 17.9 Å². The second-order valence-electron chi connectivity index (χ2n) is 3.64. The quantitative estimate of drug-likeness (QED) is 0.157. The van der Waals surface area contributed by atoms with Crippen LogP contribution in [0.1, 0.15) is 19.8 Å². The van der Waals surface area contributed by atoms with Crippen LogP contribution in [-0.2, 0) is 33.4 Å². The molecule has 0 aliphatic rings. The molecular formula is C12H53N3O20+2. The number of esters is 3. The fourth-order valence-corrected chi connectivity index (χ4v) is 1.02. The second-order valence-corrected chi connectivity index (χ2v) is 3.64. The van der Waals surface area contributed by atoms with E-state index in [9.17, 15) is 24.3 Å². The van der Waals surface area contributed by atoms with Crippen molar-refractivity contribution < 1.29 is 104 Å². The molecule has 0 spiro atoms. The van der Waals surface area contributed by atoms with Crippen molar-refractivity contribution in [2.45, 2.75) is 25.4 Å². The molecule has 0 rings (SSSR count). The minimum absolute atomic E-state index is 0. The van der Waals surface area contributed by atoms with Crippen LogP contribution in [0.4, 0.5) is 0 Å². The van der Waals surface area contributed by atoms with Crippen molar-refractivity contribution in [3.8, 4) is 0 Å². The van der Waals surface area contributed by atoms with Crippen LogP contribution in [-0.4, -0.2) is 128 Å². The van der Waals surface area contributed by atoms with E-state index >= 15 is 0 Å². The van der Waals surface area contributed by atoms with Gasteiger partial charge in [0, 0.05) is 14.0 Å². The van der Waals surface area contributed by atoms with E-state index < -0.39 is 36.4 Å². The summed E-state index contributed by atoms with van der Waals surface area (Å²) in [7, 11) is 4.22. The van der Waals surface area contributed by atoms with E-state index in [2.05, 4.69) is 19.9 Å². The number of nitrogens with two attached hydrogens (primary N) is 1. The van der Waals surface area contributed by atoms with E-state index in [1.165, 1.54) is 6.92 Å². The van der Waals surface area contributed by atoms with Crippen molar-refractivity contribution in [3.63, 3.8) is 0 Å². The van der Waals surface area contributed by atoms with E-state index in [0.29, 0.717) is 0 Å². The molecule has 0 saturated carbocycles. The zero-order chi connectivity index (χ0) is 18.3. The molecule has 0 heterocycles. The second kappa shape index (κ2) is 69.7. The molecule has 35 heavy (non-hydrogen) atoms. The van der Waals surface area contributed by atoms with Crippen molar-refractivity contribution >= 4 is 23.8 Å². The Balaban J connectivity index is -0.0000000124. The standard InChI is InChI=1S/C9H14O7.C2H5NO.CH4O.2H3N.11H2O/c1-14-6(10)4-9(13,8(12)16-3)5-7(11)15-2;1-2(3)4;1-2;;;;;;;;;;;;;/h13H,4-5H2,1-3H3;1H3,(H2,3,4);2H,1H3;2*1H3;11*1H2/p+2. The first kappa shape index (κ1) is 119. The number of ether oxygens (including phenoxy) is 3. The summed E-state index contributed by atoms with van der Waals surface area (Å²) in [5.41, 5.74) is 2.22. The monoisotopic (exact) mass is 559 g/mol. The van der Waals surface area contributed by atoms with Crippen LogP contribution in [0.25, 0.3) is 0 Å². The molecule has 1 amide bonds. The molecule has 0 fully saturated rings. The lowest BCUT2D eigenvalue weighted by Crippen LogP contribution is -2.44. The van der Waals surface area contributed by atoms with Crippen LogP contribution in [0, 0.1) is 0 Å². The Morgan fingerprint density at radius 1 is 0.629 bits per heavy atom. The number of hydrogen-bond acceptors (Lipinski definition) is 9. The van der Waals surface area contributed by atoms with Crippen molar-refractivity contribution in [3.05, 3.63) is 0 Å². The van der Waals surface area contributed by atoms with Gasteiger partial charge in [0.2, 0.25) is 5.91 Å². The Hall–Kier alpha value is -2.72. The van der Waals surface area contributed by atoms with Crippen LogP contribution in [0.15, 0.2) is 0 Å². The Labute approximate surface area is 200 Å². The number of quaternary nitrogens is 2. The van der Waals surface area contributed by atoms with Crippen LogP contribution >= 0.6 is 0 Å². The van der Waals surface area contributed by atoms with Crippen molar-refractivity contribution in [2.75, 3.05) is 28.4 Å².